The lowest BCUT2D eigenvalue weighted by Gasteiger charge is -2.36. The number of nitrogens with zero attached hydrogens (tertiary/aromatic N) is 4. The Morgan fingerprint density at radius 1 is 1.22 bits per heavy atom. The van der Waals surface area contributed by atoms with Crippen LogP contribution in [0.3, 0.4) is 0 Å². The highest BCUT2D eigenvalue weighted by molar-refractivity contribution is 5.78. The number of rotatable bonds is 4. The van der Waals surface area contributed by atoms with E-state index in [1.807, 2.05) is 29.2 Å². The summed E-state index contributed by atoms with van der Waals surface area (Å²) in [5.74, 6) is 1.82. The molecule has 2 heterocycles. The molecule has 23 heavy (non-hydrogen) atoms. The van der Waals surface area contributed by atoms with Gasteiger partial charge in [-0.1, -0.05) is 5.16 Å². The number of methoxy groups -OCH3 is 1. The molecule has 0 spiro atoms. The van der Waals surface area contributed by atoms with Crippen molar-refractivity contribution in [3.05, 3.63) is 36.0 Å². The fraction of sp³-hybridized carbons (Fsp3) is 0.438. The summed E-state index contributed by atoms with van der Waals surface area (Å²) in [5, 5.41) is 3.77. The van der Waals surface area contributed by atoms with Crippen molar-refractivity contribution in [3.8, 4) is 5.75 Å². The molecule has 7 nitrogen and oxygen atoms in total. The Bertz CT molecular complexity index is 660. The summed E-state index contributed by atoms with van der Waals surface area (Å²) in [6, 6.07) is 7.98. The number of anilines is 1. The van der Waals surface area contributed by atoms with Gasteiger partial charge in [0.2, 0.25) is 11.8 Å². The van der Waals surface area contributed by atoms with Gasteiger partial charge in [-0.3, -0.25) is 4.79 Å². The Balaban J connectivity index is 1.54. The molecule has 0 radical (unpaired) electrons. The molecule has 7 heteroatoms. The van der Waals surface area contributed by atoms with Crippen molar-refractivity contribution >= 4 is 11.6 Å². The summed E-state index contributed by atoms with van der Waals surface area (Å²) in [6.45, 7) is 4.73. The number of hydrogen-bond acceptors (Lipinski definition) is 6. The van der Waals surface area contributed by atoms with E-state index in [4.69, 9.17) is 9.26 Å². The van der Waals surface area contributed by atoms with Crippen LogP contribution in [0.15, 0.2) is 28.8 Å². The minimum Gasteiger partial charge on any atom is -0.497 e. The molecule has 0 bridgehead atoms. The zero-order chi connectivity index (χ0) is 16.2. The van der Waals surface area contributed by atoms with E-state index < -0.39 is 0 Å². The maximum atomic E-state index is 12.3. The van der Waals surface area contributed by atoms with Gasteiger partial charge in [-0.15, -0.1) is 0 Å². The second-order valence-corrected chi connectivity index (χ2v) is 5.47. The zero-order valence-corrected chi connectivity index (χ0v) is 13.4. The summed E-state index contributed by atoms with van der Waals surface area (Å²) in [5.41, 5.74) is 1.15. The van der Waals surface area contributed by atoms with E-state index in [-0.39, 0.29) is 12.3 Å². The predicted octanol–water partition coefficient (Wildman–Crippen LogP) is 1.28. The minimum absolute atomic E-state index is 0.0418. The van der Waals surface area contributed by atoms with Crippen molar-refractivity contribution in [2.45, 2.75) is 13.3 Å². The molecule has 0 saturated carbocycles. The molecule has 1 amide bonds. The molecule has 1 aromatic heterocycles. The quantitative estimate of drug-likeness (QED) is 0.846. The van der Waals surface area contributed by atoms with Gasteiger partial charge < -0.3 is 19.1 Å². The molecule has 122 valence electrons. The van der Waals surface area contributed by atoms with Crippen LogP contribution in [-0.4, -0.2) is 54.2 Å². The summed E-state index contributed by atoms with van der Waals surface area (Å²) >= 11 is 0. The van der Waals surface area contributed by atoms with E-state index >= 15 is 0 Å². The molecule has 1 saturated heterocycles. The van der Waals surface area contributed by atoms with Gasteiger partial charge in [-0.05, 0) is 24.3 Å². The Kier molecular flexibility index (Phi) is 4.45. The van der Waals surface area contributed by atoms with Crippen molar-refractivity contribution < 1.29 is 14.1 Å². The standard InChI is InChI=1S/C16H20N4O3/c1-12-17-15(18-23-12)11-16(21)20-9-7-19(8-10-20)13-3-5-14(22-2)6-4-13/h3-6H,7-11H2,1-2H3. The number of aromatic nitrogens is 2. The second-order valence-electron chi connectivity index (χ2n) is 5.47. The predicted molar refractivity (Wildman–Crippen MR) is 84.5 cm³/mol. The molecule has 1 aliphatic heterocycles. The first-order valence-corrected chi connectivity index (χ1v) is 7.61. The topological polar surface area (TPSA) is 71.7 Å². The molecule has 1 fully saturated rings. The van der Waals surface area contributed by atoms with Crippen LogP contribution in [0.1, 0.15) is 11.7 Å². The molecule has 1 aromatic carbocycles. The third kappa shape index (κ3) is 3.61. The Morgan fingerprint density at radius 2 is 1.91 bits per heavy atom. The van der Waals surface area contributed by atoms with Gasteiger partial charge in [0.25, 0.3) is 0 Å². The van der Waals surface area contributed by atoms with E-state index in [2.05, 4.69) is 15.0 Å². The normalized spacial score (nSPS) is 14.9. The molecular weight excluding hydrogens is 296 g/mol. The van der Waals surface area contributed by atoms with Crippen molar-refractivity contribution in [1.82, 2.24) is 15.0 Å². The fourth-order valence-electron chi connectivity index (χ4n) is 2.67. The van der Waals surface area contributed by atoms with Crippen LogP contribution in [0, 0.1) is 6.92 Å². The fourth-order valence-corrected chi connectivity index (χ4v) is 2.67. The number of ether oxygens (including phenoxy) is 1. The van der Waals surface area contributed by atoms with Crippen molar-refractivity contribution in [2.24, 2.45) is 0 Å². The van der Waals surface area contributed by atoms with Crippen LogP contribution in [0.4, 0.5) is 5.69 Å². The zero-order valence-electron chi connectivity index (χ0n) is 13.4. The van der Waals surface area contributed by atoms with Gasteiger partial charge in [0, 0.05) is 38.8 Å². The molecule has 0 atom stereocenters. The summed E-state index contributed by atoms with van der Waals surface area (Å²) < 4.78 is 10.1. The van der Waals surface area contributed by atoms with Gasteiger partial charge in [-0.25, -0.2) is 0 Å². The first-order chi connectivity index (χ1) is 11.2. The Hall–Kier alpha value is -2.57. The highest BCUT2D eigenvalue weighted by atomic mass is 16.5. The van der Waals surface area contributed by atoms with Crippen LogP contribution >= 0.6 is 0 Å². The monoisotopic (exact) mass is 316 g/mol. The van der Waals surface area contributed by atoms with Crippen LogP contribution in [0.25, 0.3) is 0 Å². The van der Waals surface area contributed by atoms with Gasteiger partial charge in [0.15, 0.2) is 5.82 Å². The van der Waals surface area contributed by atoms with E-state index in [0.717, 1.165) is 24.5 Å². The molecule has 0 N–H and O–H groups in total. The largest absolute Gasteiger partial charge is 0.497 e. The number of aryl methyl sites for hydroxylation is 1. The van der Waals surface area contributed by atoms with Crippen LogP contribution < -0.4 is 9.64 Å². The van der Waals surface area contributed by atoms with Crippen molar-refractivity contribution in [3.63, 3.8) is 0 Å². The highest BCUT2D eigenvalue weighted by Gasteiger charge is 2.22. The lowest BCUT2D eigenvalue weighted by Crippen LogP contribution is -2.49. The molecule has 0 aliphatic carbocycles. The maximum absolute atomic E-state index is 12.3. The highest BCUT2D eigenvalue weighted by Crippen LogP contribution is 2.20. The summed E-state index contributed by atoms with van der Waals surface area (Å²) in [7, 11) is 1.66. The van der Waals surface area contributed by atoms with E-state index in [9.17, 15) is 4.79 Å². The number of hydrogen-bond donors (Lipinski definition) is 0. The number of carbonyl (C=O) groups is 1. The third-order valence-electron chi connectivity index (χ3n) is 3.95. The minimum atomic E-state index is 0.0418. The number of piperazine rings is 1. The lowest BCUT2D eigenvalue weighted by molar-refractivity contribution is -0.130. The Morgan fingerprint density at radius 3 is 2.48 bits per heavy atom. The summed E-state index contributed by atoms with van der Waals surface area (Å²) in [6.07, 6.45) is 0.194. The molecule has 3 rings (SSSR count). The molecule has 0 unspecified atom stereocenters. The Labute approximate surface area is 134 Å². The number of benzene rings is 1. The summed E-state index contributed by atoms with van der Waals surface area (Å²) in [4.78, 5) is 20.5. The van der Waals surface area contributed by atoms with Gasteiger partial charge >= 0.3 is 0 Å². The van der Waals surface area contributed by atoms with E-state index in [1.165, 1.54) is 0 Å². The lowest BCUT2D eigenvalue weighted by atomic mass is 10.2. The first kappa shape index (κ1) is 15.3. The molecule has 2 aromatic rings. The van der Waals surface area contributed by atoms with Crippen molar-refractivity contribution in [1.29, 1.82) is 0 Å². The number of amides is 1. The maximum Gasteiger partial charge on any atom is 0.230 e. The first-order valence-electron chi connectivity index (χ1n) is 7.61. The smallest absolute Gasteiger partial charge is 0.230 e. The van der Waals surface area contributed by atoms with Gasteiger partial charge in [0.05, 0.1) is 13.5 Å². The van der Waals surface area contributed by atoms with E-state index in [1.54, 1.807) is 14.0 Å². The van der Waals surface area contributed by atoms with Crippen LogP contribution in [0.5, 0.6) is 5.75 Å². The molecule has 1 aliphatic rings. The van der Waals surface area contributed by atoms with Gasteiger partial charge in [0.1, 0.15) is 5.75 Å². The average molecular weight is 316 g/mol. The second kappa shape index (κ2) is 6.68. The van der Waals surface area contributed by atoms with Crippen LogP contribution in [-0.2, 0) is 11.2 Å². The number of carbonyl (C=O) groups excluding carboxylic acids is 1. The third-order valence-corrected chi connectivity index (χ3v) is 3.95. The SMILES string of the molecule is COc1ccc(N2CCN(C(=O)Cc3noc(C)n3)CC2)cc1. The van der Waals surface area contributed by atoms with Crippen molar-refractivity contribution in [2.75, 3.05) is 38.2 Å². The molecular formula is C16H20N4O3. The van der Waals surface area contributed by atoms with Gasteiger partial charge in [-0.2, -0.15) is 4.98 Å². The van der Waals surface area contributed by atoms with Crippen LogP contribution in [0.2, 0.25) is 0 Å². The average Bonchev–Trinajstić information content (AvgIpc) is 3.00. The van der Waals surface area contributed by atoms with E-state index in [0.29, 0.717) is 24.8 Å².